The SMILES string of the molecule is CCCCc1ccc(C(=O)N(Cc2ccc(OS(C)(=O)=O)cc2)CC(C)C)cc1. The van der Waals surface area contributed by atoms with Gasteiger partial charge in [0.1, 0.15) is 5.75 Å². The van der Waals surface area contributed by atoms with Gasteiger partial charge in [-0.1, -0.05) is 51.5 Å². The zero-order valence-electron chi connectivity index (χ0n) is 17.7. The molecule has 0 bridgehead atoms. The van der Waals surface area contributed by atoms with Gasteiger partial charge >= 0.3 is 10.1 Å². The van der Waals surface area contributed by atoms with Crippen LogP contribution in [0.3, 0.4) is 0 Å². The number of amides is 1. The average Bonchev–Trinajstić information content (AvgIpc) is 2.65. The van der Waals surface area contributed by atoms with Crippen molar-refractivity contribution >= 4 is 16.0 Å². The largest absolute Gasteiger partial charge is 0.383 e. The second-order valence-electron chi connectivity index (χ2n) is 7.81. The van der Waals surface area contributed by atoms with Crippen LogP contribution in [0.4, 0.5) is 0 Å². The highest BCUT2D eigenvalue weighted by Gasteiger charge is 2.17. The van der Waals surface area contributed by atoms with E-state index in [2.05, 4.69) is 20.8 Å². The Balaban J connectivity index is 2.13. The van der Waals surface area contributed by atoms with Crippen molar-refractivity contribution in [2.75, 3.05) is 12.8 Å². The van der Waals surface area contributed by atoms with Gasteiger partial charge in [-0.25, -0.2) is 0 Å². The van der Waals surface area contributed by atoms with E-state index in [1.165, 1.54) is 5.56 Å². The Morgan fingerprint density at radius 3 is 2.10 bits per heavy atom. The maximum absolute atomic E-state index is 13.1. The zero-order valence-corrected chi connectivity index (χ0v) is 18.5. The van der Waals surface area contributed by atoms with Crippen molar-refractivity contribution < 1.29 is 17.4 Å². The van der Waals surface area contributed by atoms with E-state index in [0.29, 0.717) is 24.6 Å². The van der Waals surface area contributed by atoms with Crippen LogP contribution in [0.5, 0.6) is 5.75 Å². The fourth-order valence-electron chi connectivity index (χ4n) is 3.08. The fraction of sp³-hybridized carbons (Fsp3) is 0.435. The maximum atomic E-state index is 13.1. The number of nitrogens with zero attached hydrogens (tertiary/aromatic N) is 1. The number of unbranched alkanes of at least 4 members (excludes halogenated alkanes) is 1. The lowest BCUT2D eigenvalue weighted by atomic mass is 10.0. The van der Waals surface area contributed by atoms with Crippen LogP contribution in [0.1, 0.15) is 55.1 Å². The first-order chi connectivity index (χ1) is 13.7. The zero-order chi connectivity index (χ0) is 21.4. The molecule has 0 aliphatic carbocycles. The molecule has 0 saturated carbocycles. The summed E-state index contributed by atoms with van der Waals surface area (Å²) in [6.07, 6.45) is 4.34. The summed E-state index contributed by atoms with van der Waals surface area (Å²) >= 11 is 0. The highest BCUT2D eigenvalue weighted by atomic mass is 32.2. The third-order valence-electron chi connectivity index (χ3n) is 4.44. The molecule has 158 valence electrons. The van der Waals surface area contributed by atoms with E-state index in [-0.39, 0.29) is 11.7 Å². The summed E-state index contributed by atoms with van der Waals surface area (Å²) in [7, 11) is -3.55. The predicted octanol–water partition coefficient (Wildman–Crippen LogP) is 4.67. The van der Waals surface area contributed by atoms with Gasteiger partial charge < -0.3 is 9.08 Å². The summed E-state index contributed by atoms with van der Waals surface area (Å²) in [5.41, 5.74) is 2.85. The molecule has 0 aromatic heterocycles. The average molecular weight is 418 g/mol. The highest BCUT2D eigenvalue weighted by molar-refractivity contribution is 7.86. The Bertz CT molecular complexity index is 887. The quantitative estimate of drug-likeness (QED) is 0.527. The maximum Gasteiger partial charge on any atom is 0.306 e. The van der Waals surface area contributed by atoms with E-state index >= 15 is 0 Å². The molecule has 2 aromatic carbocycles. The minimum atomic E-state index is -3.55. The van der Waals surface area contributed by atoms with Gasteiger partial charge in [-0.15, -0.1) is 0 Å². The molecule has 2 aromatic rings. The lowest BCUT2D eigenvalue weighted by Crippen LogP contribution is -2.33. The fourth-order valence-corrected chi connectivity index (χ4v) is 3.54. The number of carbonyl (C=O) groups is 1. The molecular weight excluding hydrogens is 386 g/mol. The molecule has 0 N–H and O–H groups in total. The van der Waals surface area contributed by atoms with Gasteiger partial charge in [0.25, 0.3) is 5.91 Å². The summed E-state index contributed by atoms with van der Waals surface area (Å²) in [5.74, 6) is 0.591. The van der Waals surface area contributed by atoms with Gasteiger partial charge in [0, 0.05) is 18.7 Å². The summed E-state index contributed by atoms with van der Waals surface area (Å²) < 4.78 is 27.3. The van der Waals surface area contributed by atoms with Crippen molar-refractivity contribution in [3.8, 4) is 5.75 Å². The molecular formula is C23H31NO4S. The molecule has 0 aliphatic rings. The minimum Gasteiger partial charge on any atom is -0.383 e. The van der Waals surface area contributed by atoms with E-state index < -0.39 is 10.1 Å². The molecule has 1 amide bonds. The first kappa shape index (κ1) is 22.9. The molecule has 2 rings (SSSR count). The molecule has 0 fully saturated rings. The minimum absolute atomic E-state index is 0.00259. The van der Waals surface area contributed by atoms with Gasteiger partial charge in [0.15, 0.2) is 0 Å². The Labute approximate surface area is 174 Å². The van der Waals surface area contributed by atoms with Crippen LogP contribution in [-0.2, 0) is 23.1 Å². The van der Waals surface area contributed by atoms with Gasteiger partial charge in [-0.3, -0.25) is 4.79 Å². The lowest BCUT2D eigenvalue weighted by molar-refractivity contribution is 0.0722. The molecule has 5 nitrogen and oxygen atoms in total. The van der Waals surface area contributed by atoms with E-state index in [1.807, 2.05) is 29.2 Å². The van der Waals surface area contributed by atoms with Crippen molar-refractivity contribution in [1.29, 1.82) is 0 Å². The number of carbonyl (C=O) groups excluding carboxylic acids is 1. The molecule has 0 aliphatic heterocycles. The molecule has 0 spiro atoms. The van der Waals surface area contributed by atoms with Crippen molar-refractivity contribution in [3.05, 3.63) is 65.2 Å². The van der Waals surface area contributed by atoms with Crippen LogP contribution in [-0.4, -0.2) is 32.0 Å². The number of benzene rings is 2. The van der Waals surface area contributed by atoms with E-state index in [9.17, 15) is 13.2 Å². The highest BCUT2D eigenvalue weighted by Crippen LogP contribution is 2.18. The van der Waals surface area contributed by atoms with E-state index in [0.717, 1.165) is 31.1 Å². The molecule has 6 heteroatoms. The lowest BCUT2D eigenvalue weighted by Gasteiger charge is -2.25. The first-order valence-electron chi connectivity index (χ1n) is 10.0. The van der Waals surface area contributed by atoms with Crippen molar-refractivity contribution in [2.45, 2.75) is 46.6 Å². The normalized spacial score (nSPS) is 11.5. The molecule has 0 saturated heterocycles. The van der Waals surface area contributed by atoms with Gasteiger partial charge in [-0.2, -0.15) is 8.42 Å². The molecule has 29 heavy (non-hydrogen) atoms. The Kier molecular flexibility index (Phi) is 8.26. The second-order valence-corrected chi connectivity index (χ2v) is 9.39. The van der Waals surface area contributed by atoms with Crippen LogP contribution in [0.15, 0.2) is 48.5 Å². The summed E-state index contributed by atoms with van der Waals surface area (Å²) in [4.78, 5) is 14.9. The number of hydrogen-bond acceptors (Lipinski definition) is 4. The van der Waals surface area contributed by atoms with Crippen molar-refractivity contribution in [1.82, 2.24) is 4.90 Å². The van der Waals surface area contributed by atoms with Crippen LogP contribution in [0, 0.1) is 5.92 Å². The van der Waals surface area contributed by atoms with Gasteiger partial charge in [-0.05, 0) is 54.2 Å². The number of hydrogen-bond donors (Lipinski definition) is 0. The first-order valence-corrected chi connectivity index (χ1v) is 11.9. The number of aryl methyl sites for hydroxylation is 1. The van der Waals surface area contributed by atoms with E-state index in [1.54, 1.807) is 24.3 Å². The van der Waals surface area contributed by atoms with Gasteiger partial charge in [0.2, 0.25) is 0 Å². The Morgan fingerprint density at radius 2 is 1.59 bits per heavy atom. The smallest absolute Gasteiger partial charge is 0.306 e. The topological polar surface area (TPSA) is 63.7 Å². The van der Waals surface area contributed by atoms with E-state index in [4.69, 9.17) is 4.18 Å². The van der Waals surface area contributed by atoms with Crippen LogP contribution < -0.4 is 4.18 Å². The molecule has 0 heterocycles. The second kappa shape index (κ2) is 10.4. The number of rotatable bonds is 10. The van der Waals surface area contributed by atoms with Gasteiger partial charge in [0.05, 0.1) is 6.26 Å². The standard InChI is InChI=1S/C23H31NO4S/c1-5-6-7-19-8-12-21(13-9-19)23(25)24(16-18(2)3)17-20-10-14-22(15-11-20)28-29(4,26)27/h8-15,18H,5-7,16-17H2,1-4H3. The summed E-state index contributed by atoms with van der Waals surface area (Å²) in [6.45, 7) is 7.42. The van der Waals surface area contributed by atoms with Crippen LogP contribution >= 0.6 is 0 Å². The predicted molar refractivity (Wildman–Crippen MR) is 117 cm³/mol. The van der Waals surface area contributed by atoms with Crippen LogP contribution in [0.25, 0.3) is 0 Å². The van der Waals surface area contributed by atoms with Crippen LogP contribution in [0.2, 0.25) is 0 Å². The third-order valence-corrected chi connectivity index (χ3v) is 4.93. The third kappa shape index (κ3) is 7.89. The summed E-state index contributed by atoms with van der Waals surface area (Å²) in [5, 5.41) is 0. The Hall–Kier alpha value is -2.34. The van der Waals surface area contributed by atoms with Crippen molar-refractivity contribution in [2.24, 2.45) is 5.92 Å². The van der Waals surface area contributed by atoms with Crippen molar-refractivity contribution in [3.63, 3.8) is 0 Å². The Morgan fingerprint density at radius 1 is 1.00 bits per heavy atom. The monoisotopic (exact) mass is 417 g/mol. The molecule has 0 atom stereocenters. The summed E-state index contributed by atoms with van der Waals surface area (Å²) in [6, 6.07) is 14.7. The molecule has 0 unspecified atom stereocenters. The molecule has 0 radical (unpaired) electrons.